The van der Waals surface area contributed by atoms with Crippen LogP contribution in [0.15, 0.2) is 42.5 Å². The lowest BCUT2D eigenvalue weighted by Crippen LogP contribution is -2.16. The molecule has 0 bridgehead atoms. The summed E-state index contributed by atoms with van der Waals surface area (Å²) in [5, 5.41) is 6.27. The van der Waals surface area contributed by atoms with Crippen LogP contribution in [0.1, 0.15) is 23.1 Å². The van der Waals surface area contributed by atoms with Crippen LogP contribution in [-0.2, 0) is 4.79 Å². The summed E-state index contributed by atoms with van der Waals surface area (Å²) in [6, 6.07) is 14.0. The number of carbonyl (C=O) groups excluding carboxylic acids is 1. The maximum Gasteiger partial charge on any atom is 0.226 e. The van der Waals surface area contributed by atoms with Gasteiger partial charge in [0.15, 0.2) is 0 Å². The molecular formula is C18H22N2O. The molecule has 2 N–H and O–H groups in total. The van der Waals surface area contributed by atoms with Crippen LogP contribution in [0.4, 0.5) is 11.4 Å². The van der Waals surface area contributed by atoms with E-state index >= 15 is 0 Å². The first-order valence-corrected chi connectivity index (χ1v) is 7.23. The van der Waals surface area contributed by atoms with Crippen LogP contribution >= 0.6 is 0 Å². The average molecular weight is 282 g/mol. The summed E-state index contributed by atoms with van der Waals surface area (Å²) >= 11 is 0. The lowest BCUT2D eigenvalue weighted by Gasteiger charge is -2.12. The van der Waals surface area contributed by atoms with E-state index in [2.05, 4.69) is 36.6 Å². The van der Waals surface area contributed by atoms with E-state index in [1.807, 2.05) is 37.3 Å². The molecule has 2 rings (SSSR count). The molecular weight excluding hydrogens is 260 g/mol. The first-order chi connectivity index (χ1) is 10.1. The van der Waals surface area contributed by atoms with Gasteiger partial charge in [0.2, 0.25) is 5.91 Å². The zero-order valence-electron chi connectivity index (χ0n) is 12.9. The third-order valence-electron chi connectivity index (χ3n) is 3.44. The predicted molar refractivity (Wildman–Crippen MR) is 88.8 cm³/mol. The van der Waals surface area contributed by atoms with Gasteiger partial charge in [-0.3, -0.25) is 4.79 Å². The standard InChI is InChI=1S/C18H22N2O/c1-13-6-4-9-16(12-13)20-17(21)10-11-19-18-14(2)7-5-8-15(18)3/h4-9,12,19H,10-11H2,1-3H3,(H,20,21). The van der Waals surface area contributed by atoms with Gasteiger partial charge in [0.25, 0.3) is 0 Å². The van der Waals surface area contributed by atoms with E-state index in [9.17, 15) is 4.79 Å². The number of aryl methyl sites for hydroxylation is 3. The zero-order valence-corrected chi connectivity index (χ0v) is 12.9. The van der Waals surface area contributed by atoms with E-state index in [1.165, 1.54) is 11.1 Å². The monoisotopic (exact) mass is 282 g/mol. The Morgan fingerprint density at radius 1 is 1.00 bits per heavy atom. The summed E-state index contributed by atoms with van der Waals surface area (Å²) in [6.07, 6.45) is 0.446. The van der Waals surface area contributed by atoms with Crippen molar-refractivity contribution in [1.82, 2.24) is 0 Å². The van der Waals surface area contributed by atoms with Crippen LogP contribution in [0.2, 0.25) is 0 Å². The molecule has 0 unspecified atom stereocenters. The normalized spacial score (nSPS) is 10.2. The van der Waals surface area contributed by atoms with Crippen molar-refractivity contribution >= 4 is 17.3 Å². The zero-order chi connectivity index (χ0) is 15.2. The SMILES string of the molecule is Cc1cccc(NC(=O)CCNc2c(C)cccc2C)c1. The molecule has 0 saturated carbocycles. The molecule has 0 aromatic heterocycles. The fraction of sp³-hybridized carbons (Fsp3) is 0.278. The number of hydrogen-bond donors (Lipinski definition) is 2. The van der Waals surface area contributed by atoms with Crippen molar-refractivity contribution in [3.05, 3.63) is 59.2 Å². The highest BCUT2D eigenvalue weighted by molar-refractivity contribution is 5.91. The smallest absolute Gasteiger partial charge is 0.226 e. The predicted octanol–water partition coefficient (Wildman–Crippen LogP) is 4.05. The van der Waals surface area contributed by atoms with Gasteiger partial charge in [-0.15, -0.1) is 0 Å². The van der Waals surface area contributed by atoms with Gasteiger partial charge >= 0.3 is 0 Å². The average Bonchev–Trinajstić information content (AvgIpc) is 2.42. The molecule has 0 radical (unpaired) electrons. The third-order valence-corrected chi connectivity index (χ3v) is 3.44. The molecule has 0 aliphatic heterocycles. The number of carbonyl (C=O) groups is 1. The van der Waals surface area contributed by atoms with E-state index in [1.54, 1.807) is 0 Å². The molecule has 0 aliphatic carbocycles. The Hall–Kier alpha value is -2.29. The molecule has 0 atom stereocenters. The summed E-state index contributed by atoms with van der Waals surface area (Å²) in [6.45, 7) is 6.78. The number of anilines is 2. The summed E-state index contributed by atoms with van der Waals surface area (Å²) in [5.74, 6) is 0.0272. The Balaban J connectivity index is 1.85. The minimum Gasteiger partial charge on any atom is -0.384 e. The van der Waals surface area contributed by atoms with Gasteiger partial charge in [-0.1, -0.05) is 30.3 Å². The maximum atomic E-state index is 11.9. The number of rotatable bonds is 5. The summed E-state index contributed by atoms with van der Waals surface area (Å²) in [5.41, 5.74) is 5.53. The molecule has 3 nitrogen and oxygen atoms in total. The summed E-state index contributed by atoms with van der Waals surface area (Å²) in [7, 11) is 0. The van der Waals surface area contributed by atoms with E-state index in [0.29, 0.717) is 13.0 Å². The van der Waals surface area contributed by atoms with Gasteiger partial charge < -0.3 is 10.6 Å². The molecule has 110 valence electrons. The Bertz CT molecular complexity index is 615. The molecule has 1 amide bonds. The Morgan fingerprint density at radius 3 is 2.33 bits per heavy atom. The fourth-order valence-electron chi connectivity index (χ4n) is 2.34. The van der Waals surface area contributed by atoms with Gasteiger partial charge in [-0.05, 0) is 49.6 Å². The topological polar surface area (TPSA) is 41.1 Å². The van der Waals surface area contributed by atoms with E-state index in [4.69, 9.17) is 0 Å². The van der Waals surface area contributed by atoms with Crippen molar-refractivity contribution in [2.45, 2.75) is 27.2 Å². The number of benzene rings is 2. The fourth-order valence-corrected chi connectivity index (χ4v) is 2.34. The van der Waals surface area contributed by atoms with Gasteiger partial charge in [0.1, 0.15) is 0 Å². The molecule has 0 heterocycles. The van der Waals surface area contributed by atoms with E-state index in [0.717, 1.165) is 16.9 Å². The third kappa shape index (κ3) is 4.35. The van der Waals surface area contributed by atoms with E-state index < -0.39 is 0 Å². The first kappa shape index (κ1) is 15.1. The van der Waals surface area contributed by atoms with Crippen LogP contribution in [0.3, 0.4) is 0 Å². The Labute approximate surface area is 126 Å². The van der Waals surface area contributed by atoms with Crippen molar-refractivity contribution in [3.63, 3.8) is 0 Å². The molecule has 2 aromatic carbocycles. The van der Waals surface area contributed by atoms with Crippen LogP contribution in [0.5, 0.6) is 0 Å². The second-order valence-electron chi connectivity index (χ2n) is 5.36. The second kappa shape index (κ2) is 6.93. The molecule has 0 aliphatic rings. The summed E-state index contributed by atoms with van der Waals surface area (Å²) in [4.78, 5) is 11.9. The van der Waals surface area contributed by atoms with Crippen molar-refractivity contribution < 1.29 is 4.79 Å². The molecule has 21 heavy (non-hydrogen) atoms. The van der Waals surface area contributed by atoms with Gasteiger partial charge in [-0.25, -0.2) is 0 Å². The minimum absolute atomic E-state index is 0.0272. The molecule has 0 spiro atoms. The first-order valence-electron chi connectivity index (χ1n) is 7.23. The van der Waals surface area contributed by atoms with Crippen molar-refractivity contribution in [2.24, 2.45) is 0 Å². The highest BCUT2D eigenvalue weighted by Crippen LogP contribution is 2.19. The molecule has 0 saturated heterocycles. The van der Waals surface area contributed by atoms with Crippen LogP contribution in [0, 0.1) is 20.8 Å². The lowest BCUT2D eigenvalue weighted by molar-refractivity contribution is -0.115. The van der Waals surface area contributed by atoms with Crippen molar-refractivity contribution in [3.8, 4) is 0 Å². The number of para-hydroxylation sites is 1. The Morgan fingerprint density at radius 2 is 1.67 bits per heavy atom. The van der Waals surface area contributed by atoms with Crippen LogP contribution in [-0.4, -0.2) is 12.5 Å². The largest absolute Gasteiger partial charge is 0.384 e. The maximum absolute atomic E-state index is 11.9. The number of nitrogens with one attached hydrogen (secondary N) is 2. The quantitative estimate of drug-likeness (QED) is 0.868. The number of amides is 1. The molecule has 3 heteroatoms. The minimum atomic E-state index is 0.0272. The highest BCUT2D eigenvalue weighted by Gasteiger charge is 2.04. The van der Waals surface area contributed by atoms with Gasteiger partial charge in [0.05, 0.1) is 0 Å². The molecule has 0 fully saturated rings. The highest BCUT2D eigenvalue weighted by atomic mass is 16.1. The van der Waals surface area contributed by atoms with Gasteiger partial charge in [0, 0.05) is 24.3 Å². The second-order valence-corrected chi connectivity index (χ2v) is 5.36. The number of hydrogen-bond acceptors (Lipinski definition) is 2. The van der Waals surface area contributed by atoms with Crippen LogP contribution in [0.25, 0.3) is 0 Å². The van der Waals surface area contributed by atoms with Crippen LogP contribution < -0.4 is 10.6 Å². The van der Waals surface area contributed by atoms with Crippen molar-refractivity contribution in [2.75, 3.05) is 17.2 Å². The molecule has 2 aromatic rings. The Kier molecular flexibility index (Phi) is 4.99. The lowest BCUT2D eigenvalue weighted by atomic mass is 10.1. The van der Waals surface area contributed by atoms with E-state index in [-0.39, 0.29) is 5.91 Å². The van der Waals surface area contributed by atoms with Gasteiger partial charge in [-0.2, -0.15) is 0 Å². The summed E-state index contributed by atoms with van der Waals surface area (Å²) < 4.78 is 0. The van der Waals surface area contributed by atoms with Crippen molar-refractivity contribution in [1.29, 1.82) is 0 Å².